The highest BCUT2D eigenvalue weighted by Gasteiger charge is 2.10. The molecule has 4 heteroatoms. The molecule has 0 aliphatic heterocycles. The fourth-order valence-corrected chi connectivity index (χ4v) is 2.52. The van der Waals surface area contributed by atoms with Gasteiger partial charge >= 0.3 is 0 Å². The summed E-state index contributed by atoms with van der Waals surface area (Å²) in [6.07, 6.45) is 0. The van der Waals surface area contributed by atoms with E-state index in [0.29, 0.717) is 17.1 Å². The Labute approximate surface area is 122 Å². The molecule has 0 radical (unpaired) electrons. The van der Waals surface area contributed by atoms with Crippen molar-refractivity contribution in [2.45, 2.75) is 13.8 Å². The Balaban J connectivity index is 2.26. The molecule has 102 valence electrons. The van der Waals surface area contributed by atoms with Crippen molar-refractivity contribution in [2.24, 2.45) is 5.73 Å². The molecule has 0 fully saturated rings. The van der Waals surface area contributed by atoms with Gasteiger partial charge in [-0.2, -0.15) is 0 Å². The molecule has 0 unspecified atom stereocenters. The number of hydrogen-bond acceptors (Lipinski definition) is 3. The van der Waals surface area contributed by atoms with Crippen molar-refractivity contribution in [1.29, 1.82) is 0 Å². The zero-order valence-electron chi connectivity index (χ0n) is 11.5. The van der Waals surface area contributed by atoms with Crippen molar-refractivity contribution < 1.29 is 4.79 Å². The number of carbonyl (C=O) groups is 1. The molecule has 0 saturated carbocycles. The van der Waals surface area contributed by atoms with Gasteiger partial charge in [0.15, 0.2) is 0 Å². The highest BCUT2D eigenvalue weighted by atomic mass is 32.1. The molecule has 2 rings (SSSR count). The van der Waals surface area contributed by atoms with E-state index >= 15 is 0 Å². The minimum Gasteiger partial charge on any atom is -0.320 e. The van der Waals surface area contributed by atoms with Crippen molar-refractivity contribution >= 4 is 22.9 Å². The van der Waals surface area contributed by atoms with E-state index in [1.165, 1.54) is 11.3 Å². The van der Waals surface area contributed by atoms with Gasteiger partial charge in [0, 0.05) is 10.4 Å². The highest BCUT2D eigenvalue weighted by molar-refractivity contribution is 7.14. The molecule has 0 saturated heterocycles. The first-order chi connectivity index (χ1) is 9.60. The van der Waals surface area contributed by atoms with Crippen molar-refractivity contribution in [3.63, 3.8) is 0 Å². The van der Waals surface area contributed by atoms with Gasteiger partial charge in [-0.05, 0) is 43.7 Å². The third-order valence-electron chi connectivity index (χ3n) is 2.71. The monoisotopic (exact) mass is 284 g/mol. The van der Waals surface area contributed by atoms with Crippen LogP contribution in [0.2, 0.25) is 0 Å². The summed E-state index contributed by atoms with van der Waals surface area (Å²) in [5.74, 6) is 5.70. The lowest BCUT2D eigenvalue weighted by molar-refractivity contribution is 0.103. The van der Waals surface area contributed by atoms with Gasteiger partial charge in [0.1, 0.15) is 0 Å². The summed E-state index contributed by atoms with van der Waals surface area (Å²) in [4.78, 5) is 14.0. The number of anilines is 1. The first-order valence-electron chi connectivity index (χ1n) is 6.27. The number of amides is 1. The number of benzene rings is 1. The quantitative estimate of drug-likeness (QED) is 0.833. The van der Waals surface area contributed by atoms with E-state index in [-0.39, 0.29) is 5.91 Å². The number of nitrogens with one attached hydrogen (secondary N) is 1. The lowest BCUT2D eigenvalue weighted by atomic mass is 10.1. The molecule has 0 bridgehead atoms. The normalized spacial score (nSPS) is 9.75. The van der Waals surface area contributed by atoms with Crippen LogP contribution in [-0.2, 0) is 0 Å². The van der Waals surface area contributed by atoms with E-state index in [9.17, 15) is 4.79 Å². The fourth-order valence-electron chi connectivity index (χ4n) is 1.76. The Bertz CT molecular complexity index is 692. The van der Waals surface area contributed by atoms with Crippen LogP contribution in [0.4, 0.5) is 5.69 Å². The maximum absolute atomic E-state index is 12.2. The summed E-state index contributed by atoms with van der Waals surface area (Å²) < 4.78 is 0. The van der Waals surface area contributed by atoms with E-state index in [2.05, 4.69) is 17.2 Å². The zero-order valence-corrected chi connectivity index (χ0v) is 12.3. The minimum absolute atomic E-state index is 0.109. The van der Waals surface area contributed by atoms with Crippen LogP contribution in [0.1, 0.15) is 25.7 Å². The smallest absolute Gasteiger partial charge is 0.265 e. The average Bonchev–Trinajstić information content (AvgIpc) is 2.85. The molecule has 0 atom stereocenters. The Hall–Kier alpha value is -2.09. The summed E-state index contributed by atoms with van der Waals surface area (Å²) in [6.45, 7) is 4.26. The molecular weight excluding hydrogens is 268 g/mol. The third kappa shape index (κ3) is 3.47. The van der Waals surface area contributed by atoms with Crippen molar-refractivity contribution in [3.05, 3.63) is 51.2 Å². The van der Waals surface area contributed by atoms with Gasteiger partial charge in [0.25, 0.3) is 5.91 Å². The molecule has 1 heterocycles. The summed E-state index contributed by atoms with van der Waals surface area (Å²) in [7, 11) is 0. The van der Waals surface area contributed by atoms with Crippen LogP contribution in [0.15, 0.2) is 30.3 Å². The van der Waals surface area contributed by atoms with Crippen LogP contribution in [0.5, 0.6) is 0 Å². The van der Waals surface area contributed by atoms with Crippen molar-refractivity contribution in [1.82, 2.24) is 0 Å². The zero-order chi connectivity index (χ0) is 14.5. The number of carbonyl (C=O) groups excluding carboxylic acids is 1. The standard InChI is InChI=1S/C16H16N2OS/c1-11-5-7-14(13(10-11)4-3-9-17)18-16(19)15-8-6-12(2)20-15/h5-8,10H,9,17H2,1-2H3,(H,18,19). The van der Waals surface area contributed by atoms with Gasteiger partial charge < -0.3 is 11.1 Å². The maximum Gasteiger partial charge on any atom is 0.265 e. The van der Waals surface area contributed by atoms with E-state index < -0.39 is 0 Å². The largest absolute Gasteiger partial charge is 0.320 e. The van der Waals surface area contributed by atoms with Crippen LogP contribution >= 0.6 is 11.3 Å². The van der Waals surface area contributed by atoms with E-state index in [1.54, 1.807) is 0 Å². The van der Waals surface area contributed by atoms with Gasteiger partial charge in [-0.1, -0.05) is 17.9 Å². The van der Waals surface area contributed by atoms with Crippen LogP contribution < -0.4 is 11.1 Å². The van der Waals surface area contributed by atoms with Gasteiger partial charge in [0.2, 0.25) is 0 Å². The predicted molar refractivity (Wildman–Crippen MR) is 84.1 cm³/mol. The molecule has 20 heavy (non-hydrogen) atoms. The number of aryl methyl sites for hydroxylation is 2. The lowest BCUT2D eigenvalue weighted by Crippen LogP contribution is -2.11. The average molecular weight is 284 g/mol. The summed E-state index contributed by atoms with van der Waals surface area (Å²) in [6, 6.07) is 9.52. The van der Waals surface area contributed by atoms with Gasteiger partial charge in [0.05, 0.1) is 17.1 Å². The maximum atomic E-state index is 12.2. The third-order valence-corrected chi connectivity index (χ3v) is 3.71. The van der Waals surface area contributed by atoms with Crippen LogP contribution in [0.3, 0.4) is 0 Å². The highest BCUT2D eigenvalue weighted by Crippen LogP contribution is 2.20. The van der Waals surface area contributed by atoms with E-state index in [0.717, 1.165) is 16.0 Å². The van der Waals surface area contributed by atoms with Gasteiger partial charge in [-0.25, -0.2) is 0 Å². The van der Waals surface area contributed by atoms with Crippen molar-refractivity contribution in [3.8, 4) is 11.8 Å². The van der Waals surface area contributed by atoms with E-state index in [1.807, 2.05) is 44.2 Å². The molecule has 1 amide bonds. The first kappa shape index (κ1) is 14.3. The Kier molecular flexibility index (Phi) is 4.57. The molecule has 1 aromatic carbocycles. The Morgan fingerprint density at radius 2 is 2.10 bits per heavy atom. The second kappa shape index (κ2) is 6.38. The number of thiophene rings is 1. The van der Waals surface area contributed by atoms with Gasteiger partial charge in [-0.15, -0.1) is 11.3 Å². The molecule has 0 spiro atoms. The van der Waals surface area contributed by atoms with E-state index in [4.69, 9.17) is 5.73 Å². The SMILES string of the molecule is Cc1ccc(NC(=O)c2ccc(C)s2)c(C#CCN)c1. The minimum atomic E-state index is -0.109. The Morgan fingerprint density at radius 3 is 2.75 bits per heavy atom. The molecule has 1 aromatic heterocycles. The second-order valence-corrected chi connectivity index (χ2v) is 5.71. The molecule has 0 aliphatic carbocycles. The van der Waals surface area contributed by atoms with Crippen LogP contribution in [-0.4, -0.2) is 12.5 Å². The molecule has 2 aromatic rings. The Morgan fingerprint density at radius 1 is 1.30 bits per heavy atom. The number of nitrogens with two attached hydrogens (primary N) is 1. The summed E-state index contributed by atoms with van der Waals surface area (Å²) in [5.41, 5.74) is 8.00. The van der Waals surface area contributed by atoms with Crippen molar-refractivity contribution in [2.75, 3.05) is 11.9 Å². The molecule has 0 aliphatic rings. The fraction of sp³-hybridized carbons (Fsp3) is 0.188. The topological polar surface area (TPSA) is 55.1 Å². The second-order valence-electron chi connectivity index (χ2n) is 4.42. The predicted octanol–water partition coefficient (Wildman–Crippen LogP) is 2.93. The van der Waals surface area contributed by atoms with Crippen LogP contribution in [0, 0.1) is 25.7 Å². The number of hydrogen-bond donors (Lipinski definition) is 2. The summed E-state index contributed by atoms with van der Waals surface area (Å²) >= 11 is 1.47. The molecule has 3 nitrogen and oxygen atoms in total. The number of rotatable bonds is 2. The molecule has 3 N–H and O–H groups in total. The molecular formula is C16H16N2OS. The first-order valence-corrected chi connectivity index (χ1v) is 7.09. The summed E-state index contributed by atoms with van der Waals surface area (Å²) in [5, 5.41) is 2.90. The lowest BCUT2D eigenvalue weighted by Gasteiger charge is -2.07. The van der Waals surface area contributed by atoms with Crippen LogP contribution in [0.25, 0.3) is 0 Å². The van der Waals surface area contributed by atoms with Gasteiger partial charge in [-0.3, -0.25) is 4.79 Å².